The van der Waals surface area contributed by atoms with E-state index in [2.05, 4.69) is 6.92 Å². The van der Waals surface area contributed by atoms with Crippen molar-refractivity contribution in [3.8, 4) is 0 Å². The molecule has 0 spiro atoms. The van der Waals surface area contributed by atoms with Gasteiger partial charge in [0, 0.05) is 4.90 Å². The third kappa shape index (κ3) is 3.96. The van der Waals surface area contributed by atoms with E-state index >= 15 is 0 Å². The van der Waals surface area contributed by atoms with Crippen LogP contribution in [0.4, 0.5) is 0 Å². The second-order valence-electron chi connectivity index (χ2n) is 3.22. The highest BCUT2D eigenvalue weighted by molar-refractivity contribution is 7.98. The minimum Gasteiger partial charge on any atom is -0.462 e. The minimum absolute atomic E-state index is 0.223. The maximum atomic E-state index is 11.6. The van der Waals surface area contributed by atoms with E-state index in [4.69, 9.17) is 4.74 Å². The summed E-state index contributed by atoms with van der Waals surface area (Å²) in [6.07, 6.45) is 3.95. The van der Waals surface area contributed by atoms with Crippen LogP contribution in [0.15, 0.2) is 29.2 Å². The zero-order valence-corrected chi connectivity index (χ0v) is 9.97. The summed E-state index contributed by atoms with van der Waals surface area (Å²) < 4.78 is 5.12. The molecule has 0 amide bonds. The van der Waals surface area contributed by atoms with Gasteiger partial charge >= 0.3 is 5.97 Å². The predicted octanol–water partition coefficient (Wildman–Crippen LogP) is 3.37. The molecule has 0 atom stereocenters. The fourth-order valence-electron chi connectivity index (χ4n) is 1.14. The summed E-state index contributed by atoms with van der Waals surface area (Å²) in [6, 6.07) is 7.50. The highest BCUT2D eigenvalue weighted by Crippen LogP contribution is 2.16. The van der Waals surface area contributed by atoms with E-state index in [1.807, 2.05) is 24.5 Å². The van der Waals surface area contributed by atoms with E-state index in [1.54, 1.807) is 17.8 Å². The monoisotopic (exact) mass is 224 g/mol. The summed E-state index contributed by atoms with van der Waals surface area (Å²) >= 11 is 1.62. The summed E-state index contributed by atoms with van der Waals surface area (Å²) in [5, 5.41) is 0. The molecule has 0 radical (unpaired) electrons. The normalized spacial score (nSPS) is 10.0. The van der Waals surface area contributed by atoms with E-state index in [0.717, 1.165) is 17.7 Å². The van der Waals surface area contributed by atoms with Crippen molar-refractivity contribution in [2.24, 2.45) is 0 Å². The van der Waals surface area contributed by atoms with Crippen LogP contribution in [0.25, 0.3) is 0 Å². The van der Waals surface area contributed by atoms with Gasteiger partial charge in [-0.2, -0.15) is 0 Å². The van der Waals surface area contributed by atoms with Crippen molar-refractivity contribution in [1.82, 2.24) is 0 Å². The van der Waals surface area contributed by atoms with Crippen molar-refractivity contribution in [3.63, 3.8) is 0 Å². The van der Waals surface area contributed by atoms with Crippen LogP contribution in [-0.4, -0.2) is 18.8 Å². The van der Waals surface area contributed by atoms with Crippen LogP contribution in [0.5, 0.6) is 0 Å². The molecule has 1 aromatic rings. The van der Waals surface area contributed by atoms with Gasteiger partial charge in [-0.1, -0.05) is 19.4 Å². The highest BCUT2D eigenvalue weighted by Gasteiger charge is 2.06. The first-order chi connectivity index (χ1) is 7.27. The van der Waals surface area contributed by atoms with Crippen LogP contribution < -0.4 is 0 Å². The van der Waals surface area contributed by atoms with Crippen LogP contribution >= 0.6 is 11.8 Å². The summed E-state index contributed by atoms with van der Waals surface area (Å²) in [4.78, 5) is 12.6. The number of esters is 1. The first-order valence-electron chi connectivity index (χ1n) is 5.09. The van der Waals surface area contributed by atoms with Crippen LogP contribution in [0, 0.1) is 0 Å². The second-order valence-corrected chi connectivity index (χ2v) is 4.10. The van der Waals surface area contributed by atoms with Gasteiger partial charge in [-0.15, -0.1) is 11.8 Å². The molecule has 0 heterocycles. The molecule has 0 bridgehead atoms. The van der Waals surface area contributed by atoms with E-state index in [1.165, 1.54) is 0 Å². The Balaban J connectivity index is 2.57. The van der Waals surface area contributed by atoms with E-state index < -0.39 is 0 Å². The van der Waals surface area contributed by atoms with Crippen molar-refractivity contribution < 1.29 is 9.53 Å². The highest BCUT2D eigenvalue weighted by atomic mass is 32.2. The summed E-state index contributed by atoms with van der Waals surface area (Å²) in [5.74, 6) is -0.223. The number of hydrogen-bond donors (Lipinski definition) is 0. The maximum absolute atomic E-state index is 11.6. The zero-order valence-electron chi connectivity index (χ0n) is 9.16. The average molecular weight is 224 g/mol. The molecule has 0 saturated heterocycles. The van der Waals surface area contributed by atoms with Crippen molar-refractivity contribution in [1.29, 1.82) is 0 Å². The van der Waals surface area contributed by atoms with Gasteiger partial charge in [0.2, 0.25) is 0 Å². The predicted molar refractivity (Wildman–Crippen MR) is 63.4 cm³/mol. The lowest BCUT2D eigenvalue weighted by Gasteiger charge is -2.04. The molecular weight excluding hydrogens is 208 g/mol. The van der Waals surface area contributed by atoms with Crippen LogP contribution in [0.1, 0.15) is 30.1 Å². The molecule has 0 saturated carbocycles. The molecule has 0 aliphatic rings. The standard InChI is InChI=1S/C12H16O2S/c1-3-4-8-14-12(13)10-6-5-7-11(9-10)15-2/h5-7,9H,3-4,8H2,1-2H3. The number of carbonyl (C=O) groups is 1. The maximum Gasteiger partial charge on any atom is 0.338 e. The fraction of sp³-hybridized carbons (Fsp3) is 0.417. The van der Waals surface area contributed by atoms with Gasteiger partial charge in [-0.25, -0.2) is 4.79 Å². The topological polar surface area (TPSA) is 26.3 Å². The molecule has 82 valence electrons. The molecule has 3 heteroatoms. The molecular formula is C12H16O2S. The van der Waals surface area contributed by atoms with Gasteiger partial charge in [0.05, 0.1) is 12.2 Å². The molecule has 0 unspecified atom stereocenters. The molecule has 1 rings (SSSR count). The lowest BCUT2D eigenvalue weighted by molar-refractivity contribution is 0.0499. The number of thioether (sulfide) groups is 1. The van der Waals surface area contributed by atoms with Crippen LogP contribution in [-0.2, 0) is 4.74 Å². The third-order valence-electron chi connectivity index (χ3n) is 2.04. The molecule has 2 nitrogen and oxygen atoms in total. The first kappa shape index (κ1) is 12.1. The Morgan fingerprint density at radius 3 is 2.93 bits per heavy atom. The number of ether oxygens (including phenoxy) is 1. The summed E-state index contributed by atoms with van der Waals surface area (Å²) in [5.41, 5.74) is 0.637. The Bertz CT molecular complexity index is 323. The quantitative estimate of drug-likeness (QED) is 0.436. The Morgan fingerprint density at radius 2 is 2.27 bits per heavy atom. The smallest absolute Gasteiger partial charge is 0.338 e. The Hall–Kier alpha value is -0.960. The van der Waals surface area contributed by atoms with Crippen molar-refractivity contribution in [3.05, 3.63) is 29.8 Å². The lowest BCUT2D eigenvalue weighted by Crippen LogP contribution is -2.06. The largest absolute Gasteiger partial charge is 0.462 e. The summed E-state index contributed by atoms with van der Waals surface area (Å²) in [7, 11) is 0. The summed E-state index contributed by atoms with van der Waals surface area (Å²) in [6.45, 7) is 2.58. The number of rotatable bonds is 5. The second kappa shape index (κ2) is 6.51. The van der Waals surface area contributed by atoms with Crippen LogP contribution in [0.3, 0.4) is 0 Å². The zero-order chi connectivity index (χ0) is 11.1. The molecule has 0 aromatic heterocycles. The molecule has 0 aliphatic heterocycles. The van der Waals surface area contributed by atoms with Gasteiger partial charge < -0.3 is 4.74 Å². The lowest BCUT2D eigenvalue weighted by atomic mass is 10.2. The fourth-order valence-corrected chi connectivity index (χ4v) is 1.60. The number of benzene rings is 1. The van der Waals surface area contributed by atoms with Crippen molar-refractivity contribution in [2.45, 2.75) is 24.7 Å². The minimum atomic E-state index is -0.223. The Labute approximate surface area is 95.0 Å². The Kier molecular flexibility index (Phi) is 5.26. The van der Waals surface area contributed by atoms with Gasteiger partial charge in [0.1, 0.15) is 0 Å². The number of hydrogen-bond acceptors (Lipinski definition) is 3. The molecule has 15 heavy (non-hydrogen) atoms. The molecule has 1 aromatic carbocycles. The third-order valence-corrected chi connectivity index (χ3v) is 2.76. The van der Waals surface area contributed by atoms with Crippen LogP contribution in [0.2, 0.25) is 0 Å². The Morgan fingerprint density at radius 1 is 1.47 bits per heavy atom. The van der Waals surface area contributed by atoms with Gasteiger partial charge in [0.15, 0.2) is 0 Å². The van der Waals surface area contributed by atoms with Gasteiger partial charge in [-0.05, 0) is 30.9 Å². The first-order valence-corrected chi connectivity index (χ1v) is 6.31. The van der Waals surface area contributed by atoms with E-state index in [0.29, 0.717) is 12.2 Å². The van der Waals surface area contributed by atoms with E-state index in [-0.39, 0.29) is 5.97 Å². The van der Waals surface area contributed by atoms with Crippen molar-refractivity contribution >= 4 is 17.7 Å². The molecule has 0 aliphatic carbocycles. The molecule has 0 fully saturated rings. The number of carbonyl (C=O) groups excluding carboxylic acids is 1. The number of unbranched alkanes of at least 4 members (excludes halogenated alkanes) is 1. The van der Waals surface area contributed by atoms with Gasteiger partial charge in [0.25, 0.3) is 0 Å². The van der Waals surface area contributed by atoms with Gasteiger partial charge in [-0.3, -0.25) is 0 Å². The molecule has 0 N–H and O–H groups in total. The SMILES string of the molecule is CCCCOC(=O)c1cccc(SC)c1. The average Bonchev–Trinajstić information content (AvgIpc) is 2.29. The van der Waals surface area contributed by atoms with E-state index in [9.17, 15) is 4.79 Å². The van der Waals surface area contributed by atoms with Crippen molar-refractivity contribution in [2.75, 3.05) is 12.9 Å².